The third-order valence-corrected chi connectivity index (χ3v) is 3.15. The first-order valence-corrected chi connectivity index (χ1v) is 5.52. The maximum absolute atomic E-state index is 11.3. The molecule has 0 aliphatic carbocycles. The quantitative estimate of drug-likeness (QED) is 0.589. The van der Waals surface area contributed by atoms with Gasteiger partial charge >= 0.3 is 86.2 Å². The van der Waals surface area contributed by atoms with Crippen molar-refractivity contribution < 1.29 is 14.7 Å². The fraction of sp³-hybridized carbons (Fsp3) is 0.667. The summed E-state index contributed by atoms with van der Waals surface area (Å²) < 4.78 is 2.97. The van der Waals surface area contributed by atoms with Crippen molar-refractivity contribution in [2.75, 3.05) is 13.1 Å². The Kier molecular flexibility index (Phi) is 3.44. The van der Waals surface area contributed by atoms with Gasteiger partial charge < -0.3 is 0 Å². The zero-order valence-electron chi connectivity index (χ0n) is 6.41. The van der Waals surface area contributed by atoms with Crippen molar-refractivity contribution in [3.05, 3.63) is 0 Å². The van der Waals surface area contributed by atoms with Gasteiger partial charge in [0.2, 0.25) is 0 Å². The van der Waals surface area contributed by atoms with Crippen LogP contribution in [0.5, 0.6) is 0 Å². The van der Waals surface area contributed by atoms with E-state index in [9.17, 15) is 9.59 Å². The first kappa shape index (κ1) is 9.91. The average Bonchev–Trinajstić information content (AvgIpc) is 2.32. The first-order chi connectivity index (χ1) is 5.65. The molecular weight excluding hydrogens is 355 g/mol. The molecule has 5 nitrogen and oxygen atoms in total. The molecule has 1 atom stereocenters. The normalized spacial score (nSPS) is 23.2. The molecule has 1 saturated heterocycles. The zero-order chi connectivity index (χ0) is 9.14. The number of carbonyl (C=O) groups is 2. The molecule has 0 spiro atoms. The molecule has 1 amide bonds. The van der Waals surface area contributed by atoms with Gasteiger partial charge in [-0.3, -0.25) is 0 Å². The summed E-state index contributed by atoms with van der Waals surface area (Å²) in [6.07, 6.45) is 0.732. The Bertz CT molecular complexity index is 209. The molecule has 3 radical (unpaired) electrons. The van der Waals surface area contributed by atoms with Crippen molar-refractivity contribution in [3.63, 3.8) is 0 Å². The van der Waals surface area contributed by atoms with Crippen molar-refractivity contribution in [1.29, 1.82) is 0 Å². The summed E-state index contributed by atoms with van der Waals surface area (Å²) in [5.74, 6) is -1.02. The van der Waals surface area contributed by atoms with E-state index >= 15 is 0 Å². The fourth-order valence-electron chi connectivity index (χ4n) is 1.19. The molecule has 0 aromatic rings. The van der Waals surface area contributed by atoms with Crippen molar-refractivity contribution in [2.24, 2.45) is 0 Å². The van der Waals surface area contributed by atoms with Gasteiger partial charge in [-0.05, 0) is 0 Å². The Balaban J connectivity index is 2.49. The number of carbonyl (C=O) groups excluding carboxylic acids is 1. The Morgan fingerprint density at radius 3 is 2.92 bits per heavy atom. The van der Waals surface area contributed by atoms with Crippen LogP contribution < -0.4 is 3.13 Å². The van der Waals surface area contributed by atoms with E-state index in [1.807, 2.05) is 0 Å². The molecule has 6 heteroatoms. The molecular formula is C6H9N2O3Pb. The number of rotatable bonds is 3. The maximum atomic E-state index is 11.3. The van der Waals surface area contributed by atoms with Gasteiger partial charge in [0.25, 0.3) is 0 Å². The summed E-state index contributed by atoms with van der Waals surface area (Å²) in [4.78, 5) is 23.0. The molecule has 1 rings (SSSR count). The standard InChI is InChI=1S/C6H9N2O3.Pb/c7-4-1-2-8(6(4)11)3-5(9)10;/h4,7H,1-3H2,(H,9,10);/q-1;+1/t4-;/m0./s1. The van der Waals surface area contributed by atoms with Crippen molar-refractivity contribution in [2.45, 2.75) is 12.5 Å². The summed E-state index contributed by atoms with van der Waals surface area (Å²) in [6, 6.07) is -0.129. The Hall–Kier alpha value is -0.178. The van der Waals surface area contributed by atoms with Crippen LogP contribution in [0, 0.1) is 0 Å². The summed E-state index contributed by atoms with van der Waals surface area (Å²) in [5, 5.41) is 8.45. The molecule has 1 heterocycles. The van der Waals surface area contributed by atoms with Crippen LogP contribution in [0.2, 0.25) is 0 Å². The summed E-state index contributed by atoms with van der Waals surface area (Å²) in [5.41, 5.74) is 0. The number of hydrogen-bond acceptors (Lipinski definition) is 3. The molecule has 0 unspecified atom stereocenters. The van der Waals surface area contributed by atoms with Gasteiger partial charge in [0.05, 0.1) is 0 Å². The van der Waals surface area contributed by atoms with Crippen LogP contribution in [0.25, 0.3) is 0 Å². The number of likely N-dealkylation sites (tertiary alicyclic amines) is 1. The number of amides is 1. The zero-order valence-corrected chi connectivity index (χ0v) is 10.3. The molecule has 0 aromatic carbocycles. The Morgan fingerprint density at radius 1 is 1.83 bits per heavy atom. The number of nitrogens with one attached hydrogen (secondary N) is 1. The first-order valence-electron chi connectivity index (χ1n) is 3.58. The fourth-order valence-corrected chi connectivity index (χ4v) is 2.23. The van der Waals surface area contributed by atoms with Crippen LogP contribution in [0.15, 0.2) is 0 Å². The molecule has 1 aliphatic heterocycles. The van der Waals surface area contributed by atoms with Gasteiger partial charge in [-0.25, -0.2) is 0 Å². The van der Waals surface area contributed by atoms with Gasteiger partial charge in [0.15, 0.2) is 0 Å². The molecule has 0 bridgehead atoms. The monoisotopic (exact) mass is 365 g/mol. The van der Waals surface area contributed by atoms with Crippen molar-refractivity contribution in [1.82, 2.24) is 8.03 Å². The van der Waals surface area contributed by atoms with Crippen LogP contribution in [-0.4, -0.2) is 67.1 Å². The number of carboxylic acids is 1. The average molecular weight is 364 g/mol. The number of aliphatic carboxylic acids is 1. The molecule has 65 valence electrons. The van der Waals surface area contributed by atoms with Crippen molar-refractivity contribution in [3.8, 4) is 0 Å². The van der Waals surface area contributed by atoms with Crippen LogP contribution in [-0.2, 0) is 9.59 Å². The van der Waals surface area contributed by atoms with Gasteiger partial charge in [0, 0.05) is 0 Å². The van der Waals surface area contributed by atoms with Gasteiger partial charge in [-0.1, -0.05) is 0 Å². The van der Waals surface area contributed by atoms with Gasteiger partial charge in [0.1, 0.15) is 0 Å². The predicted octanol–water partition coefficient (Wildman–Crippen LogP) is -1.65. The van der Waals surface area contributed by atoms with E-state index in [1.165, 1.54) is 4.90 Å². The minimum absolute atomic E-state index is 0.0765. The third-order valence-electron chi connectivity index (χ3n) is 1.80. The van der Waals surface area contributed by atoms with E-state index in [0.717, 1.165) is 32.5 Å². The summed E-state index contributed by atoms with van der Waals surface area (Å²) in [7, 11) is 0. The van der Waals surface area contributed by atoms with Crippen molar-refractivity contribution >= 4 is 37.9 Å². The number of carboxylic acid groups (broad SMARTS) is 1. The molecule has 0 saturated carbocycles. The van der Waals surface area contributed by atoms with Crippen LogP contribution >= 0.6 is 0 Å². The van der Waals surface area contributed by atoms with E-state index in [0.29, 0.717) is 6.54 Å². The second kappa shape index (κ2) is 4.17. The molecule has 1 aliphatic rings. The summed E-state index contributed by atoms with van der Waals surface area (Å²) in [6.45, 7) is 0.392. The van der Waals surface area contributed by atoms with Crippen LogP contribution in [0.4, 0.5) is 0 Å². The van der Waals surface area contributed by atoms with Gasteiger partial charge in [-0.2, -0.15) is 0 Å². The van der Waals surface area contributed by atoms with E-state index < -0.39 is 5.97 Å². The Morgan fingerprint density at radius 2 is 2.50 bits per heavy atom. The Labute approximate surface area is 86.2 Å². The van der Waals surface area contributed by atoms with E-state index in [1.54, 1.807) is 0 Å². The number of hydrogen-bond donors (Lipinski definition) is 2. The number of nitrogens with zero attached hydrogens (tertiary/aromatic N) is 1. The van der Waals surface area contributed by atoms with Crippen LogP contribution in [0.3, 0.4) is 0 Å². The SMILES string of the molecule is O=C(O)CN1CC[C@H]([NH][Pb])C1=O. The molecule has 12 heavy (non-hydrogen) atoms. The molecule has 0 aromatic heterocycles. The van der Waals surface area contributed by atoms with E-state index in [2.05, 4.69) is 3.13 Å². The van der Waals surface area contributed by atoms with Gasteiger partial charge in [-0.15, -0.1) is 0 Å². The predicted molar refractivity (Wildman–Crippen MR) is 41.5 cm³/mol. The van der Waals surface area contributed by atoms with Crippen LogP contribution in [0.1, 0.15) is 6.42 Å². The molecule has 2 N–H and O–H groups in total. The topological polar surface area (TPSA) is 69.6 Å². The summed E-state index contributed by atoms with van der Waals surface area (Å²) >= 11 is 0.765. The second-order valence-electron chi connectivity index (χ2n) is 2.64. The third kappa shape index (κ3) is 2.16. The van der Waals surface area contributed by atoms with E-state index in [4.69, 9.17) is 5.11 Å². The second-order valence-corrected chi connectivity index (χ2v) is 3.76. The van der Waals surface area contributed by atoms with E-state index in [-0.39, 0.29) is 18.5 Å². The minimum atomic E-state index is -0.947. The molecule has 1 fully saturated rings.